The van der Waals surface area contributed by atoms with E-state index in [4.69, 9.17) is 15.8 Å². The van der Waals surface area contributed by atoms with Gasteiger partial charge in [-0.1, -0.05) is 33.6 Å². The minimum atomic E-state index is 0.714. The molecule has 0 bridgehead atoms. The molecule has 0 N–H and O–H groups in total. The van der Waals surface area contributed by atoms with Crippen molar-refractivity contribution in [2.24, 2.45) is 0 Å². The standard InChI is InChI=1S/C11H13BrClOSSi/c12-11-3-2-10(13)8-9(11)4-5-14-15-6-1-7-16/h2-3,8H,1,4-7H2. The largest absolute Gasteiger partial charge is 0.315 e. The Morgan fingerprint density at radius 3 is 3.00 bits per heavy atom. The van der Waals surface area contributed by atoms with Gasteiger partial charge in [0.25, 0.3) is 0 Å². The smallest absolute Gasteiger partial charge is 0.0654 e. The molecule has 1 nitrogen and oxygen atoms in total. The highest BCUT2D eigenvalue weighted by atomic mass is 79.9. The Bertz CT molecular complexity index is 325. The van der Waals surface area contributed by atoms with E-state index in [2.05, 4.69) is 26.2 Å². The first-order valence-electron chi connectivity index (χ1n) is 5.07. The Kier molecular flexibility index (Phi) is 7.82. The Hall–Kier alpha value is 0.517. The molecule has 5 heteroatoms. The molecule has 1 rings (SSSR count). The summed E-state index contributed by atoms with van der Waals surface area (Å²) in [6, 6.07) is 6.84. The number of hydrogen-bond donors (Lipinski definition) is 0. The fourth-order valence-electron chi connectivity index (χ4n) is 1.14. The van der Waals surface area contributed by atoms with Crippen LogP contribution in [0.4, 0.5) is 0 Å². The van der Waals surface area contributed by atoms with Gasteiger partial charge in [0.2, 0.25) is 0 Å². The van der Waals surface area contributed by atoms with Crippen LogP contribution in [0, 0.1) is 0 Å². The Labute approximate surface area is 118 Å². The zero-order valence-corrected chi connectivity index (χ0v) is 13.0. The van der Waals surface area contributed by atoms with Crippen LogP contribution in [0.1, 0.15) is 12.0 Å². The maximum Gasteiger partial charge on any atom is 0.0654 e. The third-order valence-electron chi connectivity index (χ3n) is 1.95. The van der Waals surface area contributed by atoms with Crippen molar-refractivity contribution in [3.05, 3.63) is 33.3 Å². The summed E-state index contributed by atoms with van der Waals surface area (Å²) in [5.74, 6) is 1.03. The molecule has 1 aromatic rings. The van der Waals surface area contributed by atoms with Gasteiger partial charge < -0.3 is 4.18 Å². The van der Waals surface area contributed by atoms with Gasteiger partial charge in [-0.2, -0.15) is 0 Å². The van der Waals surface area contributed by atoms with Crippen LogP contribution in [0.2, 0.25) is 11.1 Å². The van der Waals surface area contributed by atoms with Crippen molar-refractivity contribution in [2.75, 3.05) is 12.4 Å². The molecule has 0 aromatic heterocycles. The van der Waals surface area contributed by atoms with E-state index in [9.17, 15) is 0 Å². The fourth-order valence-corrected chi connectivity index (χ4v) is 2.79. The van der Waals surface area contributed by atoms with Gasteiger partial charge in [-0.05, 0) is 48.6 Å². The topological polar surface area (TPSA) is 9.23 Å². The van der Waals surface area contributed by atoms with Crippen LogP contribution in [-0.4, -0.2) is 22.6 Å². The van der Waals surface area contributed by atoms with E-state index in [1.54, 1.807) is 0 Å². The maximum absolute atomic E-state index is 5.93. The SMILES string of the molecule is [Si]CCCSOCCc1cc(Cl)ccc1Br. The first-order chi connectivity index (χ1) is 7.74. The third-order valence-corrected chi connectivity index (χ3v) is 4.10. The Morgan fingerprint density at radius 1 is 1.44 bits per heavy atom. The predicted molar refractivity (Wildman–Crippen MR) is 76.4 cm³/mol. The molecule has 0 saturated carbocycles. The first-order valence-corrected chi connectivity index (χ1v) is 7.86. The van der Waals surface area contributed by atoms with Crippen LogP contribution in [0.3, 0.4) is 0 Å². The molecule has 0 atom stereocenters. The van der Waals surface area contributed by atoms with Crippen molar-refractivity contribution in [3.63, 3.8) is 0 Å². The Balaban J connectivity index is 2.23. The first kappa shape index (κ1) is 14.6. The number of rotatable bonds is 7. The van der Waals surface area contributed by atoms with Gasteiger partial charge in [0.15, 0.2) is 0 Å². The quantitative estimate of drug-likeness (QED) is 0.417. The summed E-state index contributed by atoms with van der Waals surface area (Å²) >= 11 is 11.0. The summed E-state index contributed by atoms with van der Waals surface area (Å²) in [4.78, 5) is 0. The summed E-state index contributed by atoms with van der Waals surface area (Å²) < 4.78 is 6.55. The van der Waals surface area contributed by atoms with E-state index < -0.39 is 0 Å². The number of benzene rings is 1. The molecular formula is C11H13BrClOSSi. The fraction of sp³-hybridized carbons (Fsp3) is 0.455. The van der Waals surface area contributed by atoms with Gasteiger partial charge >= 0.3 is 0 Å². The van der Waals surface area contributed by atoms with Crippen molar-refractivity contribution in [2.45, 2.75) is 18.9 Å². The van der Waals surface area contributed by atoms with Crippen LogP contribution >= 0.6 is 39.6 Å². The van der Waals surface area contributed by atoms with E-state index in [-0.39, 0.29) is 0 Å². The lowest BCUT2D eigenvalue weighted by Gasteiger charge is -2.05. The van der Waals surface area contributed by atoms with Gasteiger partial charge in [0, 0.05) is 25.5 Å². The summed E-state index contributed by atoms with van der Waals surface area (Å²) in [5, 5.41) is 0.768. The lowest BCUT2D eigenvalue weighted by atomic mass is 10.2. The van der Waals surface area contributed by atoms with Crippen molar-refractivity contribution in [1.82, 2.24) is 0 Å². The molecule has 0 amide bonds. The molecule has 0 saturated heterocycles. The maximum atomic E-state index is 5.93. The average molecular weight is 337 g/mol. The van der Waals surface area contributed by atoms with Crippen molar-refractivity contribution in [1.29, 1.82) is 0 Å². The second-order valence-corrected chi connectivity index (χ2v) is 5.90. The average Bonchev–Trinajstić information content (AvgIpc) is 2.28. The van der Waals surface area contributed by atoms with Crippen LogP contribution in [0.25, 0.3) is 0 Å². The highest BCUT2D eigenvalue weighted by molar-refractivity contribution is 9.10. The zero-order chi connectivity index (χ0) is 11.8. The molecule has 0 fully saturated rings. The van der Waals surface area contributed by atoms with E-state index in [0.717, 1.165) is 34.1 Å². The second-order valence-electron chi connectivity index (χ2n) is 3.23. The molecule has 0 unspecified atom stereocenters. The molecule has 16 heavy (non-hydrogen) atoms. The highest BCUT2D eigenvalue weighted by Crippen LogP contribution is 2.22. The molecule has 0 heterocycles. The minimum Gasteiger partial charge on any atom is -0.315 e. The van der Waals surface area contributed by atoms with Crippen LogP contribution in [-0.2, 0) is 10.6 Å². The highest BCUT2D eigenvalue weighted by Gasteiger charge is 2.01. The van der Waals surface area contributed by atoms with Gasteiger partial charge in [0.1, 0.15) is 0 Å². The van der Waals surface area contributed by atoms with Gasteiger partial charge in [-0.25, -0.2) is 0 Å². The summed E-state index contributed by atoms with van der Waals surface area (Å²) in [6.07, 6.45) is 2.00. The molecule has 1 aromatic carbocycles. The minimum absolute atomic E-state index is 0.714. The van der Waals surface area contributed by atoms with E-state index >= 15 is 0 Å². The van der Waals surface area contributed by atoms with E-state index in [1.807, 2.05) is 18.2 Å². The summed E-state index contributed by atoms with van der Waals surface area (Å²) in [5.41, 5.74) is 1.19. The van der Waals surface area contributed by atoms with Crippen LogP contribution < -0.4 is 0 Å². The molecule has 0 spiro atoms. The van der Waals surface area contributed by atoms with Crippen molar-refractivity contribution < 1.29 is 4.18 Å². The predicted octanol–water partition coefficient (Wildman–Crippen LogP) is 4.29. The van der Waals surface area contributed by atoms with Gasteiger partial charge in [0.05, 0.1) is 6.61 Å². The number of halogens is 2. The molecule has 3 radical (unpaired) electrons. The zero-order valence-electron chi connectivity index (χ0n) is 8.84. The van der Waals surface area contributed by atoms with E-state index in [1.165, 1.54) is 17.6 Å². The second kappa shape index (κ2) is 8.58. The molecule has 87 valence electrons. The van der Waals surface area contributed by atoms with E-state index in [0.29, 0.717) is 6.61 Å². The normalized spacial score (nSPS) is 10.7. The number of hydrogen-bond acceptors (Lipinski definition) is 2. The third kappa shape index (κ3) is 5.73. The van der Waals surface area contributed by atoms with Crippen molar-refractivity contribution >= 4 is 49.8 Å². The van der Waals surface area contributed by atoms with Crippen LogP contribution in [0.5, 0.6) is 0 Å². The van der Waals surface area contributed by atoms with Crippen LogP contribution in [0.15, 0.2) is 22.7 Å². The summed E-state index contributed by atoms with van der Waals surface area (Å²) in [7, 11) is 3.43. The lowest BCUT2D eigenvalue weighted by molar-refractivity contribution is 0.378. The summed E-state index contributed by atoms with van der Waals surface area (Å²) in [6.45, 7) is 0.714. The van der Waals surface area contributed by atoms with Gasteiger partial charge in [-0.15, -0.1) is 0 Å². The molecule has 0 aliphatic heterocycles. The molecular weight excluding hydrogens is 324 g/mol. The monoisotopic (exact) mass is 335 g/mol. The van der Waals surface area contributed by atoms with Gasteiger partial charge in [-0.3, -0.25) is 0 Å². The molecule has 0 aliphatic carbocycles. The molecule has 0 aliphatic rings. The lowest BCUT2D eigenvalue weighted by Crippen LogP contribution is -1.95. The van der Waals surface area contributed by atoms with Crippen molar-refractivity contribution in [3.8, 4) is 0 Å². The Morgan fingerprint density at radius 2 is 2.25 bits per heavy atom.